The summed E-state index contributed by atoms with van der Waals surface area (Å²) in [7, 11) is 0. The molecule has 1 saturated heterocycles. The Morgan fingerprint density at radius 1 is 1.09 bits per heavy atom. The largest absolute Gasteiger partial charge is 2.00 e. The number of nitrogens with zero attached hydrogens (tertiary/aromatic N) is 4. The van der Waals surface area contributed by atoms with E-state index in [9.17, 15) is 4.79 Å². The molecule has 0 bridgehead atoms. The predicted molar refractivity (Wildman–Crippen MR) is 141 cm³/mol. The predicted octanol–water partition coefficient (Wildman–Crippen LogP) is 4.74. The Labute approximate surface area is 222 Å². The average Bonchev–Trinajstić information content (AvgIpc) is 3.60. The Balaban J connectivity index is 0.000000509. The third-order valence-corrected chi connectivity index (χ3v) is 6.15. The number of piperazine rings is 1. The van der Waals surface area contributed by atoms with Crippen LogP contribution in [0.1, 0.15) is 12.8 Å². The molecular weight excluding hydrogens is 502 g/mol. The van der Waals surface area contributed by atoms with Crippen LogP contribution in [0, 0.1) is 5.92 Å². The molecule has 1 amide bonds. The van der Waals surface area contributed by atoms with Crippen molar-refractivity contribution in [2.24, 2.45) is 11.0 Å². The van der Waals surface area contributed by atoms with Gasteiger partial charge in [0.25, 0.3) is 0 Å². The maximum absolute atomic E-state index is 12.0. The minimum atomic E-state index is -0.0494. The zero-order valence-electron chi connectivity index (χ0n) is 19.5. The molecule has 1 aromatic heterocycles. The Morgan fingerprint density at radius 3 is 2.51 bits per heavy atom. The number of rotatable bonds is 6. The van der Waals surface area contributed by atoms with E-state index < -0.39 is 0 Å². The monoisotopic (exact) mass is 531 g/mol. The van der Waals surface area contributed by atoms with Gasteiger partial charge >= 0.3 is 17.1 Å². The zero-order valence-corrected chi connectivity index (χ0v) is 21.4. The third-order valence-electron chi connectivity index (χ3n) is 5.92. The van der Waals surface area contributed by atoms with Crippen LogP contribution in [0.25, 0.3) is 10.9 Å². The molecule has 0 unspecified atom stereocenters. The molecule has 3 aliphatic rings. The first kappa shape index (κ1) is 26.9. The van der Waals surface area contributed by atoms with E-state index in [0.717, 1.165) is 50.0 Å². The number of aromatic nitrogens is 1. The minimum absolute atomic E-state index is 0. The van der Waals surface area contributed by atoms with E-state index in [1.807, 2.05) is 48.7 Å². The van der Waals surface area contributed by atoms with Crippen molar-refractivity contribution in [3.05, 3.63) is 84.1 Å². The Hall–Kier alpha value is -2.70. The van der Waals surface area contributed by atoms with Gasteiger partial charge in [-0.1, -0.05) is 60.2 Å². The second-order valence-corrected chi connectivity index (χ2v) is 8.76. The third kappa shape index (κ3) is 8.18. The minimum Gasteiger partial charge on any atom is -0.368 e. The summed E-state index contributed by atoms with van der Waals surface area (Å²) in [5.41, 5.74) is 4.72. The molecule has 2 aliphatic carbocycles. The van der Waals surface area contributed by atoms with Gasteiger partial charge in [0.05, 0.1) is 5.52 Å². The number of hydrazone groups is 1. The summed E-state index contributed by atoms with van der Waals surface area (Å²) in [6.45, 7) is 4.42. The molecule has 5 rings (SSSR count). The van der Waals surface area contributed by atoms with Crippen molar-refractivity contribution in [1.29, 1.82) is 0 Å². The van der Waals surface area contributed by atoms with Crippen LogP contribution in [0.2, 0.25) is 5.02 Å². The number of anilines is 1. The first-order valence-corrected chi connectivity index (χ1v) is 12.1. The number of hydrogen-bond donors (Lipinski definition) is 1. The number of carbonyl (C=O) groups excluding carboxylic acids is 1. The van der Waals surface area contributed by atoms with Crippen LogP contribution in [-0.2, 0) is 21.9 Å². The molecule has 182 valence electrons. The van der Waals surface area contributed by atoms with Gasteiger partial charge < -0.3 is 4.90 Å². The maximum Gasteiger partial charge on any atom is 2.00 e. The van der Waals surface area contributed by atoms with E-state index in [1.165, 1.54) is 5.69 Å². The molecule has 2 aromatic rings. The standard InChI is InChI=1S/C22H24ClN5O.C5H6.Fe/c23-18-5-6-19-20(15-18)24-9-7-21(19)28-13-11-27(12-14-28)10-8-22(29)26-25-16-17-3-1-2-4-17;1-2-4-5-3-1;/h1-7,9,15-17H,8,10-14H2,(H,26,29);1-4H,5H2;/q;;+2/b25-16+;;. The quantitative estimate of drug-likeness (QED) is 0.332. The number of nitrogens with one attached hydrogen (secondary N) is 1. The van der Waals surface area contributed by atoms with Crippen LogP contribution in [0.4, 0.5) is 5.69 Å². The second kappa shape index (κ2) is 14.0. The van der Waals surface area contributed by atoms with Crippen molar-refractivity contribution in [3.8, 4) is 0 Å². The second-order valence-electron chi connectivity index (χ2n) is 8.32. The van der Waals surface area contributed by atoms with Crippen LogP contribution < -0.4 is 10.3 Å². The summed E-state index contributed by atoms with van der Waals surface area (Å²) >= 11 is 6.09. The van der Waals surface area contributed by atoms with Gasteiger partial charge in [-0.3, -0.25) is 14.7 Å². The van der Waals surface area contributed by atoms with Gasteiger partial charge in [-0.2, -0.15) is 5.10 Å². The Kier molecular flexibility index (Phi) is 10.8. The van der Waals surface area contributed by atoms with Gasteiger partial charge in [0.15, 0.2) is 0 Å². The van der Waals surface area contributed by atoms with Gasteiger partial charge in [0.2, 0.25) is 5.91 Å². The normalized spacial score (nSPS) is 17.1. The van der Waals surface area contributed by atoms with Gasteiger partial charge in [-0.25, -0.2) is 5.43 Å². The molecule has 0 saturated carbocycles. The fourth-order valence-corrected chi connectivity index (χ4v) is 4.21. The number of halogens is 1. The summed E-state index contributed by atoms with van der Waals surface area (Å²) < 4.78 is 0. The van der Waals surface area contributed by atoms with Crippen LogP contribution in [0.3, 0.4) is 0 Å². The Morgan fingerprint density at radius 2 is 1.83 bits per heavy atom. The number of amides is 1. The van der Waals surface area contributed by atoms with Crippen LogP contribution in [0.5, 0.6) is 0 Å². The van der Waals surface area contributed by atoms with E-state index >= 15 is 0 Å². The molecule has 1 N–H and O–H groups in total. The van der Waals surface area contributed by atoms with Crippen molar-refractivity contribution in [3.63, 3.8) is 0 Å². The van der Waals surface area contributed by atoms with Gasteiger partial charge in [0, 0.05) is 73.6 Å². The average molecular weight is 532 g/mol. The van der Waals surface area contributed by atoms with E-state index in [-0.39, 0.29) is 28.9 Å². The molecule has 0 spiro atoms. The van der Waals surface area contributed by atoms with Crippen molar-refractivity contribution < 1.29 is 21.9 Å². The van der Waals surface area contributed by atoms with E-state index in [0.29, 0.717) is 11.4 Å². The number of benzene rings is 1. The molecule has 0 atom stereocenters. The van der Waals surface area contributed by atoms with Crippen molar-refractivity contribution >= 4 is 40.3 Å². The van der Waals surface area contributed by atoms with E-state index in [4.69, 9.17) is 11.6 Å². The summed E-state index contributed by atoms with van der Waals surface area (Å²) in [5, 5.41) is 5.85. The first-order valence-electron chi connectivity index (χ1n) is 11.7. The number of hydrogen-bond acceptors (Lipinski definition) is 5. The van der Waals surface area contributed by atoms with Crippen molar-refractivity contribution in [2.45, 2.75) is 12.8 Å². The molecule has 0 radical (unpaired) electrons. The van der Waals surface area contributed by atoms with Gasteiger partial charge in [-0.05, 0) is 30.7 Å². The molecule has 1 aromatic carbocycles. The zero-order chi connectivity index (χ0) is 23.6. The van der Waals surface area contributed by atoms with Crippen LogP contribution in [-0.4, -0.2) is 54.7 Å². The SMILES string of the molecule is C1=CCC=C1.O=C(CCN1CCN(c2ccnc3cc(Cl)ccc23)CC1)N/N=C/C1C=CC=C1.[Fe+2]. The fraction of sp³-hybridized carbons (Fsp3) is 0.296. The Bertz CT molecular complexity index is 1110. The fourth-order valence-electron chi connectivity index (χ4n) is 4.05. The summed E-state index contributed by atoms with van der Waals surface area (Å²) in [4.78, 5) is 21.1. The van der Waals surface area contributed by atoms with Gasteiger partial charge in [0.1, 0.15) is 0 Å². The van der Waals surface area contributed by atoms with E-state index in [2.05, 4.69) is 55.7 Å². The number of carbonyl (C=O) groups is 1. The molecule has 2 heterocycles. The first-order chi connectivity index (χ1) is 16.7. The molecule has 1 fully saturated rings. The van der Waals surface area contributed by atoms with Crippen molar-refractivity contribution in [1.82, 2.24) is 15.3 Å². The number of fused-ring (bicyclic) bond motifs is 1. The molecule has 35 heavy (non-hydrogen) atoms. The number of allylic oxidation sites excluding steroid dienone is 8. The smallest absolute Gasteiger partial charge is 0.368 e. The summed E-state index contributed by atoms with van der Waals surface area (Å²) in [5.74, 6) is 0.135. The maximum atomic E-state index is 12.0. The van der Waals surface area contributed by atoms with Crippen molar-refractivity contribution in [2.75, 3.05) is 37.6 Å². The van der Waals surface area contributed by atoms with Crippen LogP contribution >= 0.6 is 11.6 Å². The molecule has 1 aliphatic heterocycles. The summed E-state index contributed by atoms with van der Waals surface area (Å²) in [6.07, 6.45) is 21.5. The summed E-state index contributed by atoms with van der Waals surface area (Å²) in [6, 6.07) is 7.91. The van der Waals surface area contributed by atoms with Gasteiger partial charge in [-0.15, -0.1) is 0 Å². The topological polar surface area (TPSA) is 60.8 Å². The van der Waals surface area contributed by atoms with E-state index in [1.54, 1.807) is 6.21 Å². The molecular formula is C27H30ClFeN5O+2. The molecule has 8 heteroatoms. The number of pyridine rings is 1. The molecule has 6 nitrogen and oxygen atoms in total. The van der Waals surface area contributed by atoms with Crippen LogP contribution in [0.15, 0.2) is 84.2 Å².